The maximum Gasteiger partial charge on any atom is 0.253 e. The van der Waals surface area contributed by atoms with Crippen LogP contribution in [0.5, 0.6) is 0 Å². The van der Waals surface area contributed by atoms with E-state index in [1.54, 1.807) is 12.1 Å². The van der Waals surface area contributed by atoms with E-state index in [4.69, 9.17) is 0 Å². The molecule has 5 heteroatoms. The lowest BCUT2D eigenvalue weighted by molar-refractivity contribution is -0.118. The zero-order valence-electron chi connectivity index (χ0n) is 15.6. The molecule has 1 aliphatic carbocycles. The van der Waals surface area contributed by atoms with Gasteiger partial charge in [0.2, 0.25) is 5.91 Å². The molecule has 1 heterocycles. The van der Waals surface area contributed by atoms with Gasteiger partial charge in [-0.2, -0.15) is 0 Å². The molecule has 0 bridgehead atoms. The zero-order valence-corrected chi connectivity index (χ0v) is 15.6. The molecule has 1 N–H and O–H groups in total. The molecule has 0 aromatic heterocycles. The Labute approximate surface area is 158 Å². The number of aryl methyl sites for hydroxylation is 2. The summed E-state index contributed by atoms with van der Waals surface area (Å²) < 4.78 is 13.3. The Hall–Kier alpha value is -2.69. The largest absolute Gasteiger partial charge is 0.338 e. The summed E-state index contributed by atoms with van der Waals surface area (Å²) in [5.74, 6) is -0.532. The number of amides is 2. The Morgan fingerprint density at radius 1 is 1.15 bits per heavy atom. The highest BCUT2D eigenvalue weighted by Crippen LogP contribution is 2.58. The average molecular weight is 366 g/mol. The molecule has 2 aromatic rings. The van der Waals surface area contributed by atoms with E-state index in [0.29, 0.717) is 24.3 Å². The number of benzene rings is 2. The summed E-state index contributed by atoms with van der Waals surface area (Å²) in [7, 11) is 0. The van der Waals surface area contributed by atoms with Crippen molar-refractivity contribution in [2.24, 2.45) is 11.3 Å². The summed E-state index contributed by atoms with van der Waals surface area (Å²) in [4.78, 5) is 27.2. The third-order valence-electron chi connectivity index (χ3n) is 6.02. The van der Waals surface area contributed by atoms with E-state index < -0.39 is 0 Å². The van der Waals surface area contributed by atoms with Gasteiger partial charge in [0.15, 0.2) is 0 Å². The molecule has 4 rings (SSSR count). The number of nitrogens with one attached hydrogen (secondary N) is 1. The third-order valence-corrected chi connectivity index (χ3v) is 6.02. The van der Waals surface area contributed by atoms with Gasteiger partial charge in [-0.05, 0) is 68.1 Å². The molecule has 1 saturated heterocycles. The van der Waals surface area contributed by atoms with E-state index in [9.17, 15) is 14.0 Å². The Bertz CT molecular complexity index is 926. The fourth-order valence-electron chi connectivity index (χ4n) is 4.09. The van der Waals surface area contributed by atoms with Crippen molar-refractivity contribution in [1.82, 2.24) is 4.90 Å². The lowest BCUT2D eigenvalue weighted by atomic mass is 10.0. The maximum atomic E-state index is 13.3. The van der Waals surface area contributed by atoms with Crippen LogP contribution in [0.15, 0.2) is 42.5 Å². The van der Waals surface area contributed by atoms with Crippen LogP contribution in [0.2, 0.25) is 0 Å². The first-order valence-corrected chi connectivity index (χ1v) is 9.31. The predicted octanol–water partition coefficient (Wildman–Crippen LogP) is 3.93. The Morgan fingerprint density at radius 2 is 1.96 bits per heavy atom. The topological polar surface area (TPSA) is 49.4 Å². The maximum absolute atomic E-state index is 13.3. The third kappa shape index (κ3) is 3.34. The van der Waals surface area contributed by atoms with Gasteiger partial charge in [-0.25, -0.2) is 4.39 Å². The van der Waals surface area contributed by atoms with Gasteiger partial charge in [0, 0.05) is 35.7 Å². The van der Waals surface area contributed by atoms with Crippen molar-refractivity contribution in [2.75, 3.05) is 18.4 Å². The Kier molecular flexibility index (Phi) is 4.25. The molecule has 140 valence electrons. The summed E-state index contributed by atoms with van der Waals surface area (Å²) in [6.45, 7) is 5.32. The predicted molar refractivity (Wildman–Crippen MR) is 102 cm³/mol. The normalized spacial score (nSPS) is 23.5. The Morgan fingerprint density at radius 3 is 2.70 bits per heavy atom. The molecule has 2 fully saturated rings. The van der Waals surface area contributed by atoms with Crippen molar-refractivity contribution in [1.29, 1.82) is 0 Å². The smallest absolute Gasteiger partial charge is 0.253 e. The second kappa shape index (κ2) is 6.48. The molecule has 2 aromatic carbocycles. The molecule has 2 aliphatic rings. The van der Waals surface area contributed by atoms with Gasteiger partial charge in [0.05, 0.1) is 0 Å². The van der Waals surface area contributed by atoms with Crippen LogP contribution in [0.3, 0.4) is 0 Å². The summed E-state index contributed by atoms with van der Waals surface area (Å²) in [5, 5.41) is 2.80. The molecule has 2 amide bonds. The number of hydrogen-bond acceptors (Lipinski definition) is 2. The zero-order chi connectivity index (χ0) is 19.2. The highest BCUT2D eigenvalue weighted by atomic mass is 19.1. The van der Waals surface area contributed by atoms with Crippen LogP contribution in [-0.2, 0) is 4.79 Å². The number of carbonyl (C=O) groups excluding carboxylic acids is 2. The van der Waals surface area contributed by atoms with Crippen LogP contribution in [0, 0.1) is 31.0 Å². The van der Waals surface area contributed by atoms with Crippen molar-refractivity contribution in [2.45, 2.75) is 26.7 Å². The van der Waals surface area contributed by atoms with Crippen LogP contribution in [0.4, 0.5) is 10.1 Å². The monoisotopic (exact) mass is 366 g/mol. The van der Waals surface area contributed by atoms with Gasteiger partial charge < -0.3 is 10.2 Å². The minimum absolute atomic E-state index is 0.0335. The number of rotatable bonds is 3. The lowest BCUT2D eigenvalue weighted by Crippen LogP contribution is -2.30. The van der Waals surface area contributed by atoms with Gasteiger partial charge in [-0.3, -0.25) is 9.59 Å². The van der Waals surface area contributed by atoms with Crippen LogP contribution < -0.4 is 5.32 Å². The first kappa shape index (κ1) is 17.7. The fraction of sp³-hybridized carbons (Fsp3) is 0.364. The standard InChI is InChI=1S/C22H23FN2O2/c1-14-6-7-16(10-15(14)2)21(27)25-9-8-22(13-25)12-19(22)20(26)24-18-5-3-4-17(23)11-18/h3-7,10-11,19H,8-9,12-13H2,1-2H3,(H,24,26). The molecule has 2 atom stereocenters. The minimum Gasteiger partial charge on any atom is -0.338 e. The fourth-order valence-corrected chi connectivity index (χ4v) is 4.09. The van der Waals surface area contributed by atoms with E-state index in [2.05, 4.69) is 5.32 Å². The summed E-state index contributed by atoms with van der Waals surface area (Å²) >= 11 is 0. The number of hydrogen-bond donors (Lipinski definition) is 1. The van der Waals surface area contributed by atoms with E-state index in [0.717, 1.165) is 18.4 Å². The van der Waals surface area contributed by atoms with Crippen LogP contribution in [-0.4, -0.2) is 29.8 Å². The number of halogens is 1. The van der Waals surface area contributed by atoms with Gasteiger partial charge >= 0.3 is 0 Å². The number of likely N-dealkylation sites (tertiary alicyclic amines) is 1. The SMILES string of the molecule is Cc1ccc(C(=O)N2CCC3(CC3C(=O)Nc3cccc(F)c3)C2)cc1C. The molecule has 1 saturated carbocycles. The molecular weight excluding hydrogens is 343 g/mol. The highest BCUT2D eigenvalue weighted by Gasteiger charge is 2.61. The van der Waals surface area contributed by atoms with E-state index in [1.165, 1.54) is 17.7 Å². The molecule has 2 unspecified atom stereocenters. The van der Waals surface area contributed by atoms with Crippen LogP contribution in [0.25, 0.3) is 0 Å². The highest BCUT2D eigenvalue weighted by molar-refractivity contribution is 5.97. The molecular formula is C22H23FN2O2. The number of nitrogens with zero attached hydrogens (tertiary/aromatic N) is 1. The molecule has 0 radical (unpaired) electrons. The van der Waals surface area contributed by atoms with E-state index >= 15 is 0 Å². The van der Waals surface area contributed by atoms with Crippen molar-refractivity contribution < 1.29 is 14.0 Å². The molecule has 4 nitrogen and oxygen atoms in total. The summed E-state index contributed by atoms with van der Waals surface area (Å²) in [5.41, 5.74) is 3.33. The van der Waals surface area contributed by atoms with Crippen molar-refractivity contribution in [3.05, 3.63) is 65.0 Å². The van der Waals surface area contributed by atoms with E-state index in [-0.39, 0.29) is 29.0 Å². The van der Waals surface area contributed by atoms with Crippen LogP contribution >= 0.6 is 0 Å². The second-order valence-electron chi connectivity index (χ2n) is 7.89. The minimum atomic E-state index is -0.371. The number of anilines is 1. The van der Waals surface area contributed by atoms with Gasteiger partial charge in [-0.1, -0.05) is 12.1 Å². The molecule has 1 spiro atoms. The number of carbonyl (C=O) groups is 2. The van der Waals surface area contributed by atoms with Crippen molar-refractivity contribution in [3.63, 3.8) is 0 Å². The quantitative estimate of drug-likeness (QED) is 0.895. The lowest BCUT2D eigenvalue weighted by Gasteiger charge is -2.17. The summed E-state index contributed by atoms with van der Waals surface area (Å²) in [6.07, 6.45) is 1.62. The van der Waals surface area contributed by atoms with Crippen molar-refractivity contribution in [3.8, 4) is 0 Å². The molecule has 27 heavy (non-hydrogen) atoms. The van der Waals surface area contributed by atoms with Gasteiger partial charge in [0.1, 0.15) is 5.82 Å². The first-order chi connectivity index (χ1) is 12.9. The van der Waals surface area contributed by atoms with Gasteiger partial charge in [-0.15, -0.1) is 0 Å². The van der Waals surface area contributed by atoms with Gasteiger partial charge in [0.25, 0.3) is 5.91 Å². The molecule has 1 aliphatic heterocycles. The summed E-state index contributed by atoms with van der Waals surface area (Å²) in [6, 6.07) is 11.7. The van der Waals surface area contributed by atoms with Crippen LogP contribution in [0.1, 0.15) is 34.3 Å². The first-order valence-electron chi connectivity index (χ1n) is 9.31. The second-order valence-corrected chi connectivity index (χ2v) is 7.89. The van der Waals surface area contributed by atoms with Crippen molar-refractivity contribution >= 4 is 17.5 Å². The van der Waals surface area contributed by atoms with E-state index in [1.807, 2.05) is 36.9 Å². The average Bonchev–Trinajstić information content (AvgIpc) is 3.17. The Balaban J connectivity index is 1.40.